The zero-order valence-electron chi connectivity index (χ0n) is 13.9. The number of amides is 1. The number of para-hydroxylation sites is 1. The molecule has 1 fully saturated rings. The summed E-state index contributed by atoms with van der Waals surface area (Å²) in [6.45, 7) is 3.99. The van der Waals surface area contributed by atoms with E-state index in [9.17, 15) is 9.59 Å². The number of halogens is 2. The lowest BCUT2D eigenvalue weighted by Crippen LogP contribution is -2.27. The maximum absolute atomic E-state index is 12.5. The van der Waals surface area contributed by atoms with Gasteiger partial charge in [-0.1, -0.05) is 47.5 Å². The molecule has 2 aromatic carbocycles. The van der Waals surface area contributed by atoms with E-state index in [4.69, 9.17) is 27.9 Å². The Hall–Kier alpha value is -2.04. The molecule has 1 heterocycles. The van der Waals surface area contributed by atoms with Crippen molar-refractivity contribution in [1.29, 1.82) is 0 Å². The molecular formula is C19H17Cl2NO3. The van der Waals surface area contributed by atoms with Crippen LogP contribution in [0.5, 0.6) is 5.75 Å². The monoisotopic (exact) mass is 377 g/mol. The van der Waals surface area contributed by atoms with Crippen molar-refractivity contribution < 1.29 is 14.3 Å². The summed E-state index contributed by atoms with van der Waals surface area (Å²) >= 11 is 12.2. The summed E-state index contributed by atoms with van der Waals surface area (Å²) in [6, 6.07) is 10.8. The number of benzene rings is 2. The van der Waals surface area contributed by atoms with Crippen LogP contribution in [0.4, 0.5) is 5.69 Å². The second kappa shape index (κ2) is 7.06. The molecule has 4 nitrogen and oxygen atoms in total. The number of hydrogen-bond acceptors (Lipinski definition) is 3. The first kappa shape index (κ1) is 17.8. The second-order valence-electron chi connectivity index (χ2n) is 6.12. The quantitative estimate of drug-likeness (QED) is 0.581. The number of esters is 1. The summed E-state index contributed by atoms with van der Waals surface area (Å²) in [4.78, 5) is 26.4. The van der Waals surface area contributed by atoms with Crippen molar-refractivity contribution in [2.24, 2.45) is 5.92 Å². The van der Waals surface area contributed by atoms with Crippen molar-refractivity contribution in [3.63, 3.8) is 0 Å². The Morgan fingerprint density at radius 2 is 1.76 bits per heavy atom. The van der Waals surface area contributed by atoms with E-state index < -0.39 is 11.9 Å². The molecule has 0 bridgehead atoms. The van der Waals surface area contributed by atoms with E-state index in [1.165, 1.54) is 4.90 Å². The van der Waals surface area contributed by atoms with Crippen molar-refractivity contribution in [2.45, 2.75) is 20.3 Å². The van der Waals surface area contributed by atoms with Gasteiger partial charge in [0.1, 0.15) is 5.75 Å². The molecule has 1 aliphatic heterocycles. The highest BCUT2D eigenvalue weighted by Crippen LogP contribution is 2.36. The lowest BCUT2D eigenvalue weighted by molar-refractivity contribution is -0.139. The number of nitrogens with zero attached hydrogens (tertiary/aromatic N) is 1. The topological polar surface area (TPSA) is 46.6 Å². The SMILES string of the molecule is Cc1cccc(C)c1OC(=O)[C@H]1CC(=O)N(c2cccc(Cl)c2Cl)C1. The standard InChI is InChI=1S/C19H17Cl2NO3/c1-11-5-3-6-12(2)18(11)25-19(24)13-9-16(23)22(10-13)15-8-4-7-14(20)17(15)21/h3-8,13H,9-10H2,1-2H3/t13-/m0/s1. The number of aryl methyl sites for hydroxylation is 2. The zero-order chi connectivity index (χ0) is 18.1. The molecule has 0 aliphatic carbocycles. The van der Waals surface area contributed by atoms with Gasteiger partial charge in [0.05, 0.1) is 21.7 Å². The second-order valence-corrected chi connectivity index (χ2v) is 6.91. The molecule has 1 amide bonds. The van der Waals surface area contributed by atoms with Crippen molar-refractivity contribution in [2.75, 3.05) is 11.4 Å². The van der Waals surface area contributed by atoms with E-state index in [0.29, 0.717) is 21.5 Å². The molecular weight excluding hydrogens is 361 g/mol. The molecule has 2 aromatic rings. The summed E-state index contributed by atoms with van der Waals surface area (Å²) in [5.74, 6) is -0.570. The maximum atomic E-state index is 12.5. The molecule has 0 spiro atoms. The number of ether oxygens (including phenoxy) is 1. The Morgan fingerprint density at radius 3 is 2.44 bits per heavy atom. The predicted molar refractivity (Wildman–Crippen MR) is 98.5 cm³/mol. The Bertz CT molecular complexity index is 830. The Morgan fingerprint density at radius 1 is 1.12 bits per heavy atom. The Labute approximate surface area is 156 Å². The summed E-state index contributed by atoms with van der Waals surface area (Å²) in [5, 5.41) is 0.676. The number of carbonyl (C=O) groups excluding carboxylic acids is 2. The van der Waals surface area contributed by atoms with E-state index >= 15 is 0 Å². The number of carbonyl (C=O) groups is 2. The molecule has 130 valence electrons. The average molecular weight is 378 g/mol. The highest BCUT2D eigenvalue weighted by atomic mass is 35.5. The number of rotatable bonds is 3. The minimum Gasteiger partial charge on any atom is -0.426 e. The van der Waals surface area contributed by atoms with Gasteiger partial charge in [0.15, 0.2) is 0 Å². The first-order valence-electron chi connectivity index (χ1n) is 7.90. The Kier molecular flexibility index (Phi) is 5.02. The minimum absolute atomic E-state index is 0.0899. The normalized spacial score (nSPS) is 17.0. The van der Waals surface area contributed by atoms with Crippen molar-refractivity contribution in [3.05, 3.63) is 57.6 Å². The summed E-state index contributed by atoms with van der Waals surface area (Å²) in [7, 11) is 0. The van der Waals surface area contributed by atoms with E-state index in [-0.39, 0.29) is 18.9 Å². The van der Waals surface area contributed by atoms with Crippen LogP contribution < -0.4 is 9.64 Å². The molecule has 3 rings (SSSR count). The van der Waals surface area contributed by atoms with Gasteiger partial charge >= 0.3 is 5.97 Å². The predicted octanol–water partition coefficient (Wildman–Crippen LogP) is 4.57. The van der Waals surface area contributed by atoms with Crippen LogP contribution in [0.2, 0.25) is 10.0 Å². The highest BCUT2D eigenvalue weighted by Gasteiger charge is 2.37. The van der Waals surface area contributed by atoms with Crippen molar-refractivity contribution in [1.82, 2.24) is 0 Å². The van der Waals surface area contributed by atoms with Gasteiger partial charge in [0.2, 0.25) is 5.91 Å². The lowest BCUT2D eigenvalue weighted by atomic mass is 10.1. The van der Waals surface area contributed by atoms with Gasteiger partial charge < -0.3 is 9.64 Å². The molecule has 0 unspecified atom stereocenters. The third-order valence-electron chi connectivity index (χ3n) is 4.29. The fraction of sp³-hybridized carbons (Fsp3) is 0.263. The van der Waals surface area contributed by atoms with Crippen LogP contribution in [0, 0.1) is 19.8 Å². The fourth-order valence-corrected chi connectivity index (χ4v) is 3.34. The smallest absolute Gasteiger partial charge is 0.316 e. The van der Waals surface area contributed by atoms with Crippen LogP contribution in [0.15, 0.2) is 36.4 Å². The minimum atomic E-state index is -0.540. The summed E-state index contributed by atoms with van der Waals surface area (Å²) in [5.41, 5.74) is 2.28. The molecule has 1 saturated heterocycles. The number of anilines is 1. The third-order valence-corrected chi connectivity index (χ3v) is 5.10. The van der Waals surface area contributed by atoms with Crippen LogP contribution in [0.3, 0.4) is 0 Å². The zero-order valence-corrected chi connectivity index (χ0v) is 15.4. The van der Waals surface area contributed by atoms with Crippen LogP contribution in [-0.4, -0.2) is 18.4 Å². The Balaban J connectivity index is 1.78. The van der Waals surface area contributed by atoms with E-state index in [2.05, 4.69) is 0 Å². The maximum Gasteiger partial charge on any atom is 0.316 e. The van der Waals surface area contributed by atoms with E-state index in [1.807, 2.05) is 32.0 Å². The van der Waals surface area contributed by atoms with Crippen molar-refractivity contribution >= 4 is 40.8 Å². The lowest BCUT2D eigenvalue weighted by Gasteiger charge is -2.18. The van der Waals surface area contributed by atoms with Gasteiger partial charge in [-0.3, -0.25) is 9.59 Å². The van der Waals surface area contributed by atoms with Gasteiger partial charge in [-0.2, -0.15) is 0 Å². The molecule has 1 aliphatic rings. The summed E-state index contributed by atoms with van der Waals surface area (Å²) in [6.07, 6.45) is 0.0899. The first-order valence-corrected chi connectivity index (χ1v) is 8.66. The van der Waals surface area contributed by atoms with Gasteiger partial charge in [0, 0.05) is 13.0 Å². The number of hydrogen-bond donors (Lipinski definition) is 0. The molecule has 6 heteroatoms. The molecule has 0 N–H and O–H groups in total. The van der Waals surface area contributed by atoms with E-state index in [0.717, 1.165) is 11.1 Å². The van der Waals surface area contributed by atoms with Crippen LogP contribution in [-0.2, 0) is 9.59 Å². The molecule has 25 heavy (non-hydrogen) atoms. The van der Waals surface area contributed by atoms with Gasteiger partial charge in [-0.25, -0.2) is 0 Å². The van der Waals surface area contributed by atoms with Gasteiger partial charge in [-0.05, 0) is 37.1 Å². The average Bonchev–Trinajstić information content (AvgIpc) is 2.95. The van der Waals surface area contributed by atoms with Gasteiger partial charge in [-0.15, -0.1) is 0 Å². The van der Waals surface area contributed by atoms with Crippen molar-refractivity contribution in [3.8, 4) is 5.75 Å². The molecule has 0 aromatic heterocycles. The third kappa shape index (κ3) is 3.51. The van der Waals surface area contributed by atoms with E-state index in [1.54, 1.807) is 18.2 Å². The van der Waals surface area contributed by atoms with Crippen LogP contribution in [0.25, 0.3) is 0 Å². The fourth-order valence-electron chi connectivity index (χ4n) is 2.94. The highest BCUT2D eigenvalue weighted by molar-refractivity contribution is 6.44. The van der Waals surface area contributed by atoms with Gasteiger partial charge in [0.25, 0.3) is 0 Å². The molecule has 1 atom stereocenters. The summed E-state index contributed by atoms with van der Waals surface area (Å²) < 4.78 is 5.57. The molecule has 0 saturated carbocycles. The van der Waals surface area contributed by atoms with Crippen LogP contribution >= 0.6 is 23.2 Å². The van der Waals surface area contributed by atoms with Crippen LogP contribution in [0.1, 0.15) is 17.5 Å². The first-order chi connectivity index (χ1) is 11.9. The molecule has 0 radical (unpaired) electrons. The largest absolute Gasteiger partial charge is 0.426 e.